The van der Waals surface area contributed by atoms with Crippen LogP contribution in [0, 0.1) is 6.92 Å². The summed E-state index contributed by atoms with van der Waals surface area (Å²) in [5.41, 5.74) is 0. The van der Waals surface area contributed by atoms with E-state index in [4.69, 9.17) is 0 Å². The van der Waals surface area contributed by atoms with E-state index in [-0.39, 0.29) is 12.5 Å². The number of rotatable bonds is 8. The molecule has 0 saturated carbocycles. The predicted octanol–water partition coefficient (Wildman–Crippen LogP) is 1.98. The number of amides is 1. The van der Waals surface area contributed by atoms with Gasteiger partial charge in [0, 0.05) is 31.4 Å². The van der Waals surface area contributed by atoms with Gasteiger partial charge in [0.1, 0.15) is 4.21 Å². The summed E-state index contributed by atoms with van der Waals surface area (Å²) in [4.78, 5) is 14.1. The molecule has 0 radical (unpaired) electrons. The zero-order valence-electron chi connectivity index (χ0n) is 12.2. The maximum Gasteiger partial charge on any atom is 0.250 e. The zero-order valence-corrected chi connectivity index (χ0v) is 13.8. The monoisotopic (exact) mass is 318 g/mol. The highest BCUT2D eigenvalue weighted by Gasteiger charge is 2.16. The van der Waals surface area contributed by atoms with Gasteiger partial charge >= 0.3 is 0 Å². The Morgan fingerprint density at radius 1 is 1.35 bits per heavy atom. The molecule has 1 N–H and O–H groups in total. The molecule has 0 aliphatic carbocycles. The summed E-state index contributed by atoms with van der Waals surface area (Å²) in [5, 5.41) is 0. The normalized spacial score (nSPS) is 11.6. The quantitative estimate of drug-likeness (QED) is 0.797. The van der Waals surface area contributed by atoms with E-state index in [0.717, 1.165) is 17.7 Å². The van der Waals surface area contributed by atoms with Gasteiger partial charge in [-0.15, -0.1) is 11.3 Å². The number of unbranched alkanes of at least 4 members (excludes halogenated alkanes) is 1. The number of sulfonamides is 1. The van der Waals surface area contributed by atoms with Crippen LogP contribution in [0.5, 0.6) is 0 Å². The van der Waals surface area contributed by atoms with Crippen LogP contribution in [-0.2, 0) is 14.8 Å². The second kappa shape index (κ2) is 7.75. The number of aryl methyl sites for hydroxylation is 1. The summed E-state index contributed by atoms with van der Waals surface area (Å²) in [7, 11) is -3.45. The third-order valence-electron chi connectivity index (χ3n) is 2.88. The average molecular weight is 318 g/mol. The van der Waals surface area contributed by atoms with Gasteiger partial charge in [0.2, 0.25) is 15.9 Å². The lowest BCUT2D eigenvalue weighted by atomic mass is 10.3. The number of hydrogen-bond acceptors (Lipinski definition) is 4. The fourth-order valence-electron chi connectivity index (χ4n) is 1.72. The Labute approximate surface area is 125 Å². The average Bonchev–Trinajstić information content (AvgIpc) is 2.80. The van der Waals surface area contributed by atoms with Crippen molar-refractivity contribution in [3.8, 4) is 0 Å². The molecule has 1 rings (SSSR count). The van der Waals surface area contributed by atoms with Gasteiger partial charge in [0.25, 0.3) is 0 Å². The molecule has 0 aliphatic rings. The van der Waals surface area contributed by atoms with E-state index in [1.165, 1.54) is 18.3 Å². The van der Waals surface area contributed by atoms with Gasteiger partial charge in [-0.2, -0.15) is 0 Å². The molecule has 1 amide bonds. The van der Waals surface area contributed by atoms with Crippen molar-refractivity contribution in [1.82, 2.24) is 9.62 Å². The molecule has 0 atom stereocenters. The van der Waals surface area contributed by atoms with Gasteiger partial charge in [-0.1, -0.05) is 13.3 Å². The highest BCUT2D eigenvalue weighted by Crippen LogP contribution is 2.19. The minimum atomic E-state index is -3.45. The van der Waals surface area contributed by atoms with Crippen LogP contribution >= 0.6 is 11.3 Å². The second-order valence-electron chi connectivity index (χ2n) is 4.62. The highest BCUT2D eigenvalue weighted by atomic mass is 32.2. The molecule has 1 aromatic rings. The van der Waals surface area contributed by atoms with Crippen molar-refractivity contribution in [2.24, 2.45) is 0 Å². The Balaban J connectivity index is 2.51. The summed E-state index contributed by atoms with van der Waals surface area (Å²) in [6.07, 6.45) is 1.93. The van der Waals surface area contributed by atoms with E-state index in [2.05, 4.69) is 11.6 Å². The van der Waals surface area contributed by atoms with Crippen molar-refractivity contribution in [3.63, 3.8) is 0 Å². The van der Waals surface area contributed by atoms with Crippen molar-refractivity contribution in [1.29, 1.82) is 0 Å². The van der Waals surface area contributed by atoms with Crippen LogP contribution in [0.15, 0.2) is 16.3 Å². The Morgan fingerprint density at radius 3 is 2.55 bits per heavy atom. The first-order chi connectivity index (χ1) is 9.36. The van der Waals surface area contributed by atoms with Crippen LogP contribution in [0.1, 0.15) is 31.6 Å². The maximum atomic E-state index is 12.0. The lowest BCUT2D eigenvalue weighted by Gasteiger charge is -2.20. The van der Waals surface area contributed by atoms with Gasteiger partial charge in [-0.25, -0.2) is 13.1 Å². The van der Waals surface area contributed by atoms with Gasteiger partial charge in [-0.05, 0) is 25.5 Å². The smallest absolute Gasteiger partial charge is 0.250 e. The molecular formula is C13H22N2O3S2. The van der Waals surface area contributed by atoms with Crippen LogP contribution in [0.3, 0.4) is 0 Å². The van der Waals surface area contributed by atoms with Crippen molar-refractivity contribution in [3.05, 3.63) is 17.0 Å². The molecule has 5 nitrogen and oxygen atoms in total. The van der Waals surface area contributed by atoms with Crippen LogP contribution in [0.4, 0.5) is 0 Å². The fourth-order valence-corrected chi connectivity index (χ4v) is 4.07. The van der Waals surface area contributed by atoms with Crippen LogP contribution in [-0.4, -0.2) is 38.9 Å². The Kier molecular flexibility index (Phi) is 6.64. The molecule has 7 heteroatoms. The summed E-state index contributed by atoms with van der Waals surface area (Å²) < 4.78 is 26.9. The first-order valence-electron chi connectivity index (χ1n) is 6.68. The molecule has 0 spiro atoms. The minimum Gasteiger partial charge on any atom is -0.342 e. The third-order valence-corrected chi connectivity index (χ3v) is 5.83. The molecule has 0 aliphatic heterocycles. The van der Waals surface area contributed by atoms with Crippen molar-refractivity contribution in [2.45, 2.75) is 37.8 Å². The largest absolute Gasteiger partial charge is 0.342 e. The summed E-state index contributed by atoms with van der Waals surface area (Å²) in [5.74, 6) is -0.0235. The molecule has 114 valence electrons. The van der Waals surface area contributed by atoms with E-state index in [1.807, 2.05) is 6.92 Å². The van der Waals surface area contributed by atoms with Gasteiger partial charge in [0.05, 0.1) is 0 Å². The number of thiophene rings is 1. The third kappa shape index (κ3) is 5.22. The molecule has 0 fully saturated rings. The van der Waals surface area contributed by atoms with Crippen LogP contribution in [0.2, 0.25) is 0 Å². The molecular weight excluding hydrogens is 296 g/mol. The molecule has 0 bridgehead atoms. The number of carbonyl (C=O) groups excluding carboxylic acids is 1. The summed E-state index contributed by atoms with van der Waals surface area (Å²) >= 11 is 1.24. The standard InChI is InChI=1S/C13H22N2O3S2/c1-4-5-9-15(12(3)16)10-8-14-20(17,18)13-7-6-11(2)19-13/h6-7,14H,4-5,8-10H2,1-3H3. The molecule has 0 aromatic carbocycles. The second-order valence-corrected chi connectivity index (χ2v) is 7.90. The molecule has 1 heterocycles. The van der Waals surface area contributed by atoms with E-state index in [0.29, 0.717) is 17.3 Å². The molecule has 1 aromatic heterocycles. The maximum absolute atomic E-state index is 12.0. The van der Waals surface area contributed by atoms with Crippen LogP contribution < -0.4 is 4.72 Å². The lowest BCUT2D eigenvalue weighted by molar-refractivity contribution is -0.128. The van der Waals surface area contributed by atoms with E-state index in [1.54, 1.807) is 17.0 Å². The van der Waals surface area contributed by atoms with E-state index >= 15 is 0 Å². The Hall–Kier alpha value is -0.920. The minimum absolute atomic E-state index is 0.0235. The number of carbonyl (C=O) groups is 1. The van der Waals surface area contributed by atoms with E-state index in [9.17, 15) is 13.2 Å². The van der Waals surface area contributed by atoms with E-state index < -0.39 is 10.0 Å². The zero-order chi connectivity index (χ0) is 15.2. The fraction of sp³-hybridized carbons (Fsp3) is 0.615. The van der Waals surface area contributed by atoms with Crippen molar-refractivity contribution >= 4 is 27.3 Å². The summed E-state index contributed by atoms with van der Waals surface area (Å²) in [6.45, 7) is 6.74. The van der Waals surface area contributed by atoms with Crippen molar-refractivity contribution < 1.29 is 13.2 Å². The summed E-state index contributed by atoms with van der Waals surface area (Å²) in [6, 6.07) is 3.38. The number of nitrogens with one attached hydrogen (secondary N) is 1. The van der Waals surface area contributed by atoms with Gasteiger partial charge in [0.15, 0.2) is 0 Å². The SMILES string of the molecule is CCCCN(CCNS(=O)(=O)c1ccc(C)s1)C(C)=O. The van der Waals surface area contributed by atoms with Gasteiger partial charge < -0.3 is 4.90 Å². The highest BCUT2D eigenvalue weighted by molar-refractivity contribution is 7.91. The molecule has 0 saturated heterocycles. The molecule has 20 heavy (non-hydrogen) atoms. The Morgan fingerprint density at radius 2 is 2.05 bits per heavy atom. The first kappa shape index (κ1) is 17.1. The van der Waals surface area contributed by atoms with Crippen molar-refractivity contribution in [2.75, 3.05) is 19.6 Å². The van der Waals surface area contributed by atoms with Gasteiger partial charge in [-0.3, -0.25) is 4.79 Å². The first-order valence-corrected chi connectivity index (χ1v) is 8.98. The lowest BCUT2D eigenvalue weighted by Crippen LogP contribution is -2.37. The molecule has 0 unspecified atom stereocenters. The predicted molar refractivity (Wildman–Crippen MR) is 81.4 cm³/mol. The number of hydrogen-bond donors (Lipinski definition) is 1. The number of nitrogens with zero attached hydrogens (tertiary/aromatic N) is 1. The Bertz CT molecular complexity index is 538. The van der Waals surface area contributed by atoms with Crippen LogP contribution in [0.25, 0.3) is 0 Å². The topological polar surface area (TPSA) is 66.5 Å².